The monoisotopic (exact) mass is 662 g/mol. The molecule has 3 heterocycles. The molecular weight excluding hydrogens is 631 g/mol. The third kappa shape index (κ3) is 4.34. The first kappa shape index (κ1) is 29.0. The van der Waals surface area contributed by atoms with E-state index < -0.39 is 0 Å². The standard InChI is InChI=1S/C48H31BN2O/c1-3-12-36(13-4-1)50-42-18-9-8-17-40(42)49-41-30-34(27-29-43(41)51(37-14-5-2-6-15-37)45-20-11-19-44(50)48(45)49)32-22-24-33(25-23-32)35-26-28-39-38-16-7-10-21-46(38)52-47(39)31-35/h1-31H. The molecule has 242 valence electrons. The maximum Gasteiger partial charge on any atom is 0.252 e. The molecule has 0 bridgehead atoms. The summed E-state index contributed by atoms with van der Waals surface area (Å²) in [6.07, 6.45) is 0. The van der Waals surface area contributed by atoms with Crippen LogP contribution < -0.4 is 26.2 Å². The quantitative estimate of drug-likeness (QED) is 0.175. The predicted molar refractivity (Wildman–Crippen MR) is 219 cm³/mol. The SMILES string of the molecule is c1ccc(N2c3ccccc3B3c4cc(-c5ccc(-c6ccc7c(c6)oc6ccccc67)cc5)ccc4N(c4ccccc4)c4cccc2c43)cc1. The van der Waals surface area contributed by atoms with Gasteiger partial charge in [0.15, 0.2) is 0 Å². The summed E-state index contributed by atoms with van der Waals surface area (Å²) in [5, 5.41) is 2.30. The highest BCUT2D eigenvalue weighted by Crippen LogP contribution is 2.44. The second-order valence-corrected chi connectivity index (χ2v) is 13.7. The van der Waals surface area contributed by atoms with Gasteiger partial charge in [-0.2, -0.15) is 0 Å². The van der Waals surface area contributed by atoms with Gasteiger partial charge in [0.05, 0.1) is 0 Å². The Morgan fingerprint density at radius 1 is 0.346 bits per heavy atom. The second kappa shape index (κ2) is 11.4. The molecule has 4 heteroatoms. The van der Waals surface area contributed by atoms with Crippen molar-refractivity contribution < 1.29 is 4.42 Å². The number of nitrogens with zero attached hydrogens (tertiary/aromatic N) is 2. The lowest BCUT2D eigenvalue weighted by atomic mass is 9.33. The fraction of sp³-hybridized carbons (Fsp3) is 0. The predicted octanol–water partition coefficient (Wildman–Crippen LogP) is 11.0. The first-order valence-electron chi connectivity index (χ1n) is 17.9. The second-order valence-electron chi connectivity index (χ2n) is 13.7. The molecular formula is C48H31BN2O. The van der Waals surface area contributed by atoms with Gasteiger partial charge in [-0.3, -0.25) is 0 Å². The first-order valence-corrected chi connectivity index (χ1v) is 17.9. The summed E-state index contributed by atoms with van der Waals surface area (Å²) < 4.78 is 6.21. The van der Waals surface area contributed by atoms with Crippen LogP contribution in [0.4, 0.5) is 34.1 Å². The maximum absolute atomic E-state index is 6.21. The summed E-state index contributed by atoms with van der Waals surface area (Å²) in [5.74, 6) is 0. The summed E-state index contributed by atoms with van der Waals surface area (Å²) in [6, 6.07) is 68.0. The molecule has 11 rings (SSSR count). The van der Waals surface area contributed by atoms with Crippen LogP contribution in [0, 0.1) is 0 Å². The zero-order valence-electron chi connectivity index (χ0n) is 28.3. The van der Waals surface area contributed by atoms with Gasteiger partial charge >= 0.3 is 0 Å². The molecule has 0 fully saturated rings. The number of anilines is 6. The summed E-state index contributed by atoms with van der Waals surface area (Å²) in [7, 11) is 0. The van der Waals surface area contributed by atoms with Crippen molar-refractivity contribution in [1.29, 1.82) is 0 Å². The molecule has 8 aromatic carbocycles. The maximum atomic E-state index is 6.21. The molecule has 0 spiro atoms. The Labute approximate surface area is 302 Å². The molecule has 0 radical (unpaired) electrons. The molecule has 1 aromatic heterocycles. The van der Waals surface area contributed by atoms with Crippen molar-refractivity contribution in [2.24, 2.45) is 0 Å². The average molecular weight is 663 g/mol. The molecule has 0 unspecified atom stereocenters. The van der Waals surface area contributed by atoms with Gasteiger partial charge in [-0.05, 0) is 105 Å². The third-order valence-electron chi connectivity index (χ3n) is 10.9. The molecule has 52 heavy (non-hydrogen) atoms. The van der Waals surface area contributed by atoms with Crippen LogP contribution in [0.2, 0.25) is 0 Å². The topological polar surface area (TPSA) is 19.6 Å². The molecule has 3 nitrogen and oxygen atoms in total. The number of furan rings is 1. The Bertz CT molecular complexity index is 2790. The minimum Gasteiger partial charge on any atom is -0.456 e. The molecule has 0 atom stereocenters. The third-order valence-corrected chi connectivity index (χ3v) is 10.9. The normalized spacial score (nSPS) is 12.9. The molecule has 0 saturated heterocycles. The Kier molecular flexibility index (Phi) is 6.35. The molecule has 9 aromatic rings. The summed E-state index contributed by atoms with van der Waals surface area (Å²) in [5.41, 5.74) is 17.7. The number of hydrogen-bond donors (Lipinski definition) is 0. The van der Waals surface area contributed by atoms with Crippen molar-refractivity contribution in [3.05, 3.63) is 188 Å². The van der Waals surface area contributed by atoms with E-state index in [-0.39, 0.29) is 6.71 Å². The molecule has 2 aliphatic heterocycles. The fourth-order valence-corrected chi connectivity index (χ4v) is 8.54. The van der Waals surface area contributed by atoms with Crippen LogP contribution in [0.15, 0.2) is 192 Å². The summed E-state index contributed by atoms with van der Waals surface area (Å²) in [4.78, 5) is 4.88. The van der Waals surface area contributed by atoms with E-state index in [1.54, 1.807) is 0 Å². The van der Waals surface area contributed by atoms with Crippen molar-refractivity contribution >= 4 is 79.2 Å². The Hall–Kier alpha value is -6.78. The lowest BCUT2D eigenvalue weighted by molar-refractivity contribution is 0.669. The van der Waals surface area contributed by atoms with Gasteiger partial charge in [0.25, 0.3) is 6.71 Å². The first-order chi connectivity index (χ1) is 25.8. The minimum absolute atomic E-state index is 0.0760. The Morgan fingerprint density at radius 3 is 1.58 bits per heavy atom. The summed E-state index contributed by atoms with van der Waals surface area (Å²) in [6.45, 7) is 0.0760. The Morgan fingerprint density at radius 2 is 0.865 bits per heavy atom. The molecule has 0 aliphatic carbocycles. The van der Waals surface area contributed by atoms with Crippen molar-refractivity contribution in [3.8, 4) is 22.3 Å². The minimum atomic E-state index is 0.0760. The van der Waals surface area contributed by atoms with E-state index in [2.05, 4.69) is 186 Å². The lowest BCUT2D eigenvalue weighted by Crippen LogP contribution is -2.61. The number of rotatable bonds is 4. The van der Waals surface area contributed by atoms with Crippen LogP contribution in [0.25, 0.3) is 44.2 Å². The zero-order chi connectivity index (χ0) is 34.2. The van der Waals surface area contributed by atoms with E-state index >= 15 is 0 Å². The van der Waals surface area contributed by atoms with Crippen molar-refractivity contribution in [2.75, 3.05) is 9.80 Å². The smallest absolute Gasteiger partial charge is 0.252 e. The van der Waals surface area contributed by atoms with Crippen LogP contribution in [0.1, 0.15) is 0 Å². The van der Waals surface area contributed by atoms with E-state index in [9.17, 15) is 0 Å². The van der Waals surface area contributed by atoms with Gasteiger partial charge in [0, 0.05) is 44.9 Å². The highest BCUT2D eigenvalue weighted by molar-refractivity contribution is 7.00. The van der Waals surface area contributed by atoms with Crippen LogP contribution >= 0.6 is 0 Å². The van der Waals surface area contributed by atoms with Crippen LogP contribution in [-0.4, -0.2) is 6.71 Å². The van der Waals surface area contributed by atoms with Crippen molar-refractivity contribution in [1.82, 2.24) is 0 Å². The highest BCUT2D eigenvalue weighted by atomic mass is 16.3. The van der Waals surface area contributed by atoms with Gasteiger partial charge in [0.2, 0.25) is 0 Å². The van der Waals surface area contributed by atoms with Gasteiger partial charge in [-0.25, -0.2) is 0 Å². The van der Waals surface area contributed by atoms with Crippen molar-refractivity contribution in [3.63, 3.8) is 0 Å². The van der Waals surface area contributed by atoms with E-state index in [0.717, 1.165) is 38.9 Å². The summed E-state index contributed by atoms with van der Waals surface area (Å²) >= 11 is 0. The Balaban J connectivity index is 1.06. The average Bonchev–Trinajstić information content (AvgIpc) is 3.59. The van der Waals surface area contributed by atoms with E-state index in [1.807, 2.05) is 12.1 Å². The number of hydrogen-bond acceptors (Lipinski definition) is 3. The fourth-order valence-electron chi connectivity index (χ4n) is 8.54. The molecule has 0 saturated carbocycles. The number of para-hydroxylation sites is 4. The number of benzene rings is 8. The molecule has 0 amide bonds. The van der Waals surface area contributed by atoms with Gasteiger partial charge in [-0.1, -0.05) is 121 Å². The van der Waals surface area contributed by atoms with Crippen LogP contribution in [0.3, 0.4) is 0 Å². The van der Waals surface area contributed by atoms with Crippen molar-refractivity contribution in [2.45, 2.75) is 0 Å². The van der Waals surface area contributed by atoms with E-state index in [0.29, 0.717) is 0 Å². The van der Waals surface area contributed by atoms with Gasteiger partial charge in [0.1, 0.15) is 11.2 Å². The van der Waals surface area contributed by atoms with Gasteiger partial charge < -0.3 is 14.2 Å². The van der Waals surface area contributed by atoms with E-state index in [4.69, 9.17) is 4.42 Å². The zero-order valence-corrected chi connectivity index (χ0v) is 28.3. The van der Waals surface area contributed by atoms with Crippen LogP contribution in [-0.2, 0) is 0 Å². The largest absolute Gasteiger partial charge is 0.456 e. The van der Waals surface area contributed by atoms with Gasteiger partial charge in [-0.15, -0.1) is 0 Å². The highest BCUT2D eigenvalue weighted by Gasteiger charge is 2.43. The van der Waals surface area contributed by atoms with E-state index in [1.165, 1.54) is 55.8 Å². The molecule has 0 N–H and O–H groups in total. The molecule has 2 aliphatic rings. The van der Waals surface area contributed by atoms with Crippen LogP contribution in [0.5, 0.6) is 0 Å². The lowest BCUT2D eigenvalue weighted by Gasteiger charge is -2.44. The number of fused-ring (bicyclic) bond motifs is 7.